The van der Waals surface area contributed by atoms with Crippen LogP contribution in [0, 0.1) is 11.8 Å². The van der Waals surface area contributed by atoms with E-state index in [1.54, 1.807) is 11.3 Å². The second-order valence-electron chi connectivity index (χ2n) is 6.78. The number of nitrogens with zero attached hydrogens (tertiary/aromatic N) is 2. The van der Waals surface area contributed by atoms with Crippen molar-refractivity contribution in [3.8, 4) is 0 Å². The molecule has 2 heterocycles. The molecule has 2 aromatic rings. The zero-order valence-electron chi connectivity index (χ0n) is 12.6. The third-order valence-electron chi connectivity index (χ3n) is 5.19. The van der Waals surface area contributed by atoms with E-state index in [0.29, 0.717) is 30.3 Å². The molecule has 0 aliphatic heterocycles. The smallest absolute Gasteiger partial charge is 0.226 e. The van der Waals surface area contributed by atoms with Gasteiger partial charge < -0.3 is 11.1 Å². The Morgan fingerprint density at radius 3 is 2.91 bits per heavy atom. The monoisotopic (exact) mass is 318 g/mol. The third-order valence-corrected chi connectivity index (χ3v) is 5.96. The summed E-state index contributed by atoms with van der Waals surface area (Å²) < 4.78 is 1.97. The largest absolute Gasteiger partial charge is 0.352 e. The van der Waals surface area contributed by atoms with Crippen molar-refractivity contribution in [3.63, 3.8) is 0 Å². The maximum atomic E-state index is 12.4. The molecule has 0 saturated heterocycles. The summed E-state index contributed by atoms with van der Waals surface area (Å²) in [5.41, 5.74) is 7.00. The second-order valence-corrected chi connectivity index (χ2v) is 7.65. The molecule has 2 aliphatic carbocycles. The lowest BCUT2D eigenvalue weighted by atomic mass is 9.67. The van der Waals surface area contributed by atoms with Crippen LogP contribution >= 0.6 is 11.3 Å². The predicted octanol–water partition coefficient (Wildman–Crippen LogP) is 1.96. The van der Waals surface area contributed by atoms with Gasteiger partial charge in [-0.25, -0.2) is 4.98 Å². The van der Waals surface area contributed by atoms with E-state index in [2.05, 4.69) is 10.3 Å². The van der Waals surface area contributed by atoms with Crippen LogP contribution in [0.2, 0.25) is 0 Å². The number of thiazole rings is 1. The highest BCUT2D eigenvalue weighted by Crippen LogP contribution is 2.39. The number of fused-ring (bicyclic) bond motifs is 3. The van der Waals surface area contributed by atoms with Crippen molar-refractivity contribution >= 4 is 22.2 Å². The molecule has 4 rings (SSSR count). The van der Waals surface area contributed by atoms with E-state index < -0.39 is 0 Å². The van der Waals surface area contributed by atoms with E-state index in [1.807, 2.05) is 22.2 Å². The van der Waals surface area contributed by atoms with Gasteiger partial charge in [0.2, 0.25) is 5.91 Å². The highest BCUT2D eigenvalue weighted by atomic mass is 32.1. The standard InChI is InChI=1S/C16H22N4OS/c17-12-6-10-2-1-3-11(7-12)15(10)19-14(21)8-13-9-20-4-5-22-16(20)18-13/h4-5,9-12,15H,1-3,6-8,17H2,(H,19,21). The van der Waals surface area contributed by atoms with Gasteiger partial charge in [0.05, 0.1) is 12.1 Å². The van der Waals surface area contributed by atoms with E-state index in [0.717, 1.165) is 23.5 Å². The first-order valence-corrected chi connectivity index (χ1v) is 9.03. The summed E-state index contributed by atoms with van der Waals surface area (Å²) in [4.78, 5) is 17.8. The average molecular weight is 318 g/mol. The number of imidazole rings is 1. The number of aromatic nitrogens is 2. The molecule has 2 unspecified atom stereocenters. The number of carbonyl (C=O) groups is 1. The summed E-state index contributed by atoms with van der Waals surface area (Å²) in [5, 5.41) is 5.28. The Morgan fingerprint density at radius 1 is 1.41 bits per heavy atom. The number of amides is 1. The predicted molar refractivity (Wildman–Crippen MR) is 86.7 cm³/mol. The SMILES string of the molecule is NC1CC2CCCC(C1)C2NC(=O)Cc1cn2ccsc2n1. The Kier molecular flexibility index (Phi) is 3.66. The van der Waals surface area contributed by atoms with Crippen molar-refractivity contribution in [1.82, 2.24) is 14.7 Å². The highest BCUT2D eigenvalue weighted by molar-refractivity contribution is 7.15. The lowest BCUT2D eigenvalue weighted by Crippen LogP contribution is -2.54. The average Bonchev–Trinajstić information content (AvgIpc) is 3.00. The minimum absolute atomic E-state index is 0.100. The van der Waals surface area contributed by atoms with Crippen LogP contribution < -0.4 is 11.1 Å². The van der Waals surface area contributed by atoms with Gasteiger partial charge in [-0.3, -0.25) is 9.20 Å². The molecule has 0 aromatic carbocycles. The molecule has 0 spiro atoms. The maximum Gasteiger partial charge on any atom is 0.226 e. The zero-order valence-corrected chi connectivity index (χ0v) is 13.4. The van der Waals surface area contributed by atoms with Gasteiger partial charge in [0.1, 0.15) is 0 Å². The minimum atomic E-state index is 0.100. The summed E-state index contributed by atoms with van der Waals surface area (Å²) >= 11 is 1.59. The van der Waals surface area contributed by atoms with Gasteiger partial charge in [-0.15, -0.1) is 11.3 Å². The van der Waals surface area contributed by atoms with E-state index >= 15 is 0 Å². The Bertz CT molecular complexity index is 636. The Morgan fingerprint density at radius 2 is 2.18 bits per heavy atom. The minimum Gasteiger partial charge on any atom is -0.352 e. The lowest BCUT2D eigenvalue weighted by Gasteiger charge is -2.45. The van der Waals surface area contributed by atoms with Crippen LogP contribution in [-0.4, -0.2) is 27.4 Å². The Balaban J connectivity index is 1.42. The number of nitrogens with two attached hydrogens (primary N) is 1. The molecule has 22 heavy (non-hydrogen) atoms. The van der Waals surface area contributed by atoms with Crippen LogP contribution in [0.25, 0.3) is 4.96 Å². The number of nitrogens with one attached hydrogen (secondary N) is 1. The molecule has 2 atom stereocenters. The molecule has 2 saturated carbocycles. The molecule has 0 radical (unpaired) electrons. The molecule has 2 aliphatic rings. The van der Waals surface area contributed by atoms with E-state index in [1.165, 1.54) is 19.3 Å². The fourth-order valence-corrected chi connectivity index (χ4v) is 5.01. The molecule has 3 N–H and O–H groups in total. The summed E-state index contributed by atoms with van der Waals surface area (Å²) in [6.45, 7) is 0. The van der Waals surface area contributed by atoms with Gasteiger partial charge in [-0.05, 0) is 37.5 Å². The van der Waals surface area contributed by atoms with Crippen molar-refractivity contribution in [2.24, 2.45) is 17.6 Å². The van der Waals surface area contributed by atoms with Gasteiger partial charge in [0.25, 0.3) is 0 Å². The van der Waals surface area contributed by atoms with Crippen molar-refractivity contribution in [2.75, 3.05) is 0 Å². The summed E-state index contributed by atoms with van der Waals surface area (Å²) in [6, 6.07) is 0.646. The van der Waals surface area contributed by atoms with Gasteiger partial charge in [-0.2, -0.15) is 0 Å². The summed E-state index contributed by atoms with van der Waals surface area (Å²) in [6.07, 6.45) is 10.1. The normalized spacial score (nSPS) is 31.3. The fourth-order valence-electron chi connectivity index (χ4n) is 4.29. The Hall–Kier alpha value is -1.40. The lowest BCUT2D eigenvalue weighted by molar-refractivity contribution is -0.122. The molecular formula is C16H22N4OS. The topological polar surface area (TPSA) is 72.4 Å². The summed E-state index contributed by atoms with van der Waals surface area (Å²) in [7, 11) is 0. The van der Waals surface area contributed by atoms with Gasteiger partial charge in [0, 0.05) is 29.9 Å². The van der Waals surface area contributed by atoms with Crippen molar-refractivity contribution in [2.45, 2.75) is 50.6 Å². The quantitative estimate of drug-likeness (QED) is 0.908. The number of carbonyl (C=O) groups excluding carboxylic acids is 1. The molecule has 2 fully saturated rings. The maximum absolute atomic E-state index is 12.4. The Labute approximate surface area is 133 Å². The van der Waals surface area contributed by atoms with Crippen LogP contribution in [0.5, 0.6) is 0 Å². The van der Waals surface area contributed by atoms with E-state index in [-0.39, 0.29) is 5.91 Å². The van der Waals surface area contributed by atoms with Crippen LogP contribution in [0.15, 0.2) is 17.8 Å². The first-order chi connectivity index (χ1) is 10.7. The number of hydrogen-bond donors (Lipinski definition) is 2. The molecule has 2 aromatic heterocycles. The highest BCUT2D eigenvalue weighted by Gasteiger charge is 2.39. The third kappa shape index (κ3) is 2.65. The first-order valence-electron chi connectivity index (χ1n) is 8.15. The zero-order chi connectivity index (χ0) is 15.1. The first kappa shape index (κ1) is 14.2. The molecule has 5 nitrogen and oxygen atoms in total. The molecule has 118 valence electrons. The van der Waals surface area contributed by atoms with Gasteiger partial charge in [0.15, 0.2) is 4.96 Å². The fraction of sp³-hybridized carbons (Fsp3) is 0.625. The number of hydrogen-bond acceptors (Lipinski definition) is 4. The molecule has 1 amide bonds. The van der Waals surface area contributed by atoms with Crippen molar-refractivity contribution < 1.29 is 4.79 Å². The van der Waals surface area contributed by atoms with Gasteiger partial charge in [-0.1, -0.05) is 6.42 Å². The van der Waals surface area contributed by atoms with Crippen LogP contribution in [0.3, 0.4) is 0 Å². The van der Waals surface area contributed by atoms with Gasteiger partial charge >= 0.3 is 0 Å². The summed E-state index contributed by atoms with van der Waals surface area (Å²) in [5.74, 6) is 1.23. The number of rotatable bonds is 3. The second kappa shape index (κ2) is 5.66. The molecule has 6 heteroatoms. The van der Waals surface area contributed by atoms with E-state index in [4.69, 9.17) is 5.73 Å². The van der Waals surface area contributed by atoms with Crippen LogP contribution in [0.4, 0.5) is 0 Å². The molecule has 2 bridgehead atoms. The van der Waals surface area contributed by atoms with Crippen molar-refractivity contribution in [1.29, 1.82) is 0 Å². The van der Waals surface area contributed by atoms with Crippen LogP contribution in [-0.2, 0) is 11.2 Å². The van der Waals surface area contributed by atoms with Crippen LogP contribution in [0.1, 0.15) is 37.8 Å². The van der Waals surface area contributed by atoms with Crippen molar-refractivity contribution in [3.05, 3.63) is 23.5 Å². The molecular weight excluding hydrogens is 296 g/mol. The van der Waals surface area contributed by atoms with E-state index in [9.17, 15) is 4.79 Å².